The summed E-state index contributed by atoms with van der Waals surface area (Å²) in [5.74, 6) is 0. The lowest BCUT2D eigenvalue weighted by Crippen LogP contribution is -1.66. The van der Waals surface area contributed by atoms with Crippen LogP contribution in [0.1, 0.15) is 119 Å². The van der Waals surface area contributed by atoms with E-state index in [-0.39, 0.29) is 0 Å². The molecule has 0 rings (SSSR count). The predicted molar refractivity (Wildman–Crippen MR) is 239 cm³/mol. The number of alkyl halides is 21. The Kier molecular flexibility index (Phi) is 140. The smallest absolute Gasteiger partial charge is 0.0874 e. The second-order valence-electron chi connectivity index (χ2n) is 6.85. The normalized spacial score (nSPS) is 9.00. The van der Waals surface area contributed by atoms with Crippen molar-refractivity contribution >= 4 is 244 Å². The highest BCUT2D eigenvalue weighted by Gasteiger charge is 1.81. The van der Waals surface area contributed by atoms with Gasteiger partial charge >= 0.3 is 0 Å². The molecule has 0 N–H and O–H groups in total. The van der Waals surface area contributed by atoms with Gasteiger partial charge in [0.05, 0.1) is 0 Å². The van der Waals surface area contributed by atoms with Crippen LogP contribution in [0.2, 0.25) is 0 Å². The molecule has 0 unspecified atom stereocenters. The average Bonchev–Trinajstić information content (AvgIpc) is 2.83. The SMILES string of the molecule is CCCCCC.CCCCCC.CCCCCC.ClC(Cl)Cl.ClC(Cl)Cl.ClC(Cl)Cl.ClC(Cl)Cl.ClC(Cl)Cl.ClC(Cl)Cl.ClC(Cl)Cl. The van der Waals surface area contributed by atoms with E-state index in [0.29, 0.717) is 0 Å². The first kappa shape index (κ1) is 76.7. The van der Waals surface area contributed by atoms with Crippen molar-refractivity contribution in [1.82, 2.24) is 0 Å². The Hall–Kier alpha value is 6.09. The molecule has 0 heterocycles. The minimum Gasteiger partial charge on any atom is -0.0874 e. The minimum atomic E-state index is -0.750. The maximum absolute atomic E-state index is 4.81. The Bertz CT molecular complexity index is 255. The van der Waals surface area contributed by atoms with Gasteiger partial charge < -0.3 is 0 Å². The number of rotatable bonds is 9. The molecule has 0 bridgehead atoms. The standard InChI is InChI=1S/3C6H14.7CHCl3/c3*1-3-5-6-4-2;7*2-1(3)4/h3*3-6H2,1-2H3;7*1H. The molecule has 0 saturated heterocycles. The molecular weight excluding hydrogens is 1040 g/mol. The van der Waals surface area contributed by atoms with E-state index in [4.69, 9.17) is 244 Å². The largest absolute Gasteiger partial charge is 0.180 e. The first-order valence-corrected chi connectivity index (χ1v) is 22.5. The van der Waals surface area contributed by atoms with Gasteiger partial charge in [0.2, 0.25) is 0 Å². The number of hydrogen-bond acceptors (Lipinski definition) is 0. The molecule has 0 nitrogen and oxygen atoms in total. The third kappa shape index (κ3) is 530. The summed E-state index contributed by atoms with van der Waals surface area (Å²) in [6.45, 7) is 13.4. The second-order valence-corrected chi connectivity index (χ2v) is 20.7. The summed E-state index contributed by atoms with van der Waals surface area (Å²) in [5.41, 5.74) is 0. The van der Waals surface area contributed by atoms with Crippen LogP contribution in [0, 0.1) is 0 Å². The Morgan fingerprint density at radius 3 is 0.261 bits per heavy atom. The maximum atomic E-state index is 4.81. The fraction of sp³-hybridized carbons (Fsp3) is 1.00. The maximum Gasteiger partial charge on any atom is 0.180 e. The molecule has 0 fully saturated rings. The Morgan fingerprint density at radius 1 is 0.196 bits per heavy atom. The Morgan fingerprint density at radius 2 is 0.239 bits per heavy atom. The van der Waals surface area contributed by atoms with Crippen molar-refractivity contribution in [2.24, 2.45) is 0 Å². The van der Waals surface area contributed by atoms with Gasteiger partial charge in [-0.15, -0.1) is 0 Å². The van der Waals surface area contributed by atoms with Gasteiger partial charge in [-0.2, -0.15) is 0 Å². The van der Waals surface area contributed by atoms with Crippen LogP contribution in [0.3, 0.4) is 0 Å². The van der Waals surface area contributed by atoms with E-state index in [9.17, 15) is 0 Å². The fourth-order valence-corrected chi connectivity index (χ4v) is 1.50. The molecule has 0 aliphatic rings. The van der Waals surface area contributed by atoms with Crippen molar-refractivity contribution < 1.29 is 0 Å². The highest BCUT2D eigenvalue weighted by molar-refractivity contribution is 6.65. The molecule has 0 aliphatic heterocycles. The molecule has 0 aromatic heterocycles. The monoisotopic (exact) mass is 1080 g/mol. The van der Waals surface area contributed by atoms with Gasteiger partial charge in [-0.25, -0.2) is 0 Å². The number of halogens is 21. The molecule has 0 radical (unpaired) electrons. The summed E-state index contributed by atoms with van der Waals surface area (Å²) >= 11 is 101. The topological polar surface area (TPSA) is 0 Å². The van der Waals surface area contributed by atoms with Crippen LogP contribution in [0.15, 0.2) is 0 Å². The van der Waals surface area contributed by atoms with E-state index in [0.717, 1.165) is 0 Å². The Balaban J connectivity index is -0.0000000394. The van der Waals surface area contributed by atoms with Gasteiger partial charge in [0, 0.05) is 0 Å². The van der Waals surface area contributed by atoms with Gasteiger partial charge in [-0.05, 0) is 0 Å². The van der Waals surface area contributed by atoms with E-state index in [1.54, 1.807) is 0 Å². The summed E-state index contributed by atoms with van der Waals surface area (Å²) in [4.78, 5) is 0. The lowest BCUT2D eigenvalue weighted by Gasteiger charge is -1.86. The number of unbranched alkanes of at least 4 members (excludes halogenated alkanes) is 9. The van der Waals surface area contributed by atoms with E-state index in [1.165, 1.54) is 77.0 Å². The van der Waals surface area contributed by atoms with Crippen molar-refractivity contribution in [2.45, 2.75) is 149 Å². The van der Waals surface area contributed by atoms with E-state index in [1.807, 2.05) is 0 Å². The molecule has 46 heavy (non-hydrogen) atoms. The van der Waals surface area contributed by atoms with Gasteiger partial charge in [-0.3, -0.25) is 0 Å². The van der Waals surface area contributed by atoms with Crippen molar-refractivity contribution in [3.05, 3.63) is 0 Å². The third-order valence-corrected chi connectivity index (χ3v) is 2.87. The van der Waals surface area contributed by atoms with Crippen LogP contribution in [-0.2, 0) is 0 Å². The molecule has 0 amide bonds. The summed E-state index contributed by atoms with van der Waals surface area (Å²) in [5, 5.41) is 0. The van der Waals surface area contributed by atoms with Crippen LogP contribution >= 0.6 is 244 Å². The lowest BCUT2D eigenvalue weighted by molar-refractivity contribution is 0.702. The summed E-state index contributed by atoms with van der Waals surface area (Å²) < 4.78 is -5.25. The van der Waals surface area contributed by atoms with Gasteiger partial charge in [0.1, 0.15) is 0 Å². The lowest BCUT2D eigenvalue weighted by atomic mass is 10.2. The highest BCUT2D eigenvalue weighted by atomic mass is 35.6. The molecule has 0 spiro atoms. The molecule has 0 aliphatic carbocycles. The van der Waals surface area contributed by atoms with Crippen molar-refractivity contribution in [2.75, 3.05) is 0 Å². The van der Waals surface area contributed by atoms with E-state index in [2.05, 4.69) is 41.5 Å². The fourth-order valence-electron chi connectivity index (χ4n) is 1.50. The van der Waals surface area contributed by atoms with Gasteiger partial charge in [0.25, 0.3) is 0 Å². The van der Waals surface area contributed by atoms with E-state index >= 15 is 0 Å². The molecule has 21 heteroatoms. The Labute approximate surface area is 387 Å². The minimum absolute atomic E-state index is 0.750. The quantitative estimate of drug-likeness (QED) is 0.159. The van der Waals surface area contributed by atoms with Crippen LogP contribution < -0.4 is 0 Å². The zero-order chi connectivity index (χ0) is 39.5. The van der Waals surface area contributed by atoms with Crippen LogP contribution in [0.5, 0.6) is 0 Å². The third-order valence-electron chi connectivity index (χ3n) is 2.87. The van der Waals surface area contributed by atoms with Gasteiger partial charge in [-0.1, -0.05) is 362 Å². The van der Waals surface area contributed by atoms with Crippen molar-refractivity contribution in [3.8, 4) is 0 Å². The molecule has 296 valence electrons. The number of hydrogen-bond donors (Lipinski definition) is 0. The molecule has 0 aromatic carbocycles. The highest BCUT2D eigenvalue weighted by Crippen LogP contribution is 2.06. The second kappa shape index (κ2) is 83.9. The predicted octanol–water partition coefficient (Wildman–Crippen LogP) is 21.7. The summed E-state index contributed by atoms with van der Waals surface area (Å²) in [6.07, 6.45) is 16.6. The van der Waals surface area contributed by atoms with Crippen LogP contribution in [-0.4, -0.2) is 30.1 Å². The van der Waals surface area contributed by atoms with Crippen molar-refractivity contribution in [1.29, 1.82) is 0 Å². The first-order chi connectivity index (χ1) is 20.9. The zero-order valence-corrected chi connectivity index (χ0v) is 42.3. The average molecular weight is 1090 g/mol. The van der Waals surface area contributed by atoms with Crippen molar-refractivity contribution in [3.63, 3.8) is 0 Å². The van der Waals surface area contributed by atoms with E-state index < -0.39 is 30.1 Å². The van der Waals surface area contributed by atoms with Crippen LogP contribution in [0.4, 0.5) is 0 Å². The van der Waals surface area contributed by atoms with Gasteiger partial charge in [0.15, 0.2) is 30.1 Å². The summed E-state index contributed by atoms with van der Waals surface area (Å²) in [6, 6.07) is 0. The molecule has 0 atom stereocenters. The zero-order valence-electron chi connectivity index (χ0n) is 26.5. The molecular formula is C25H49Cl21. The van der Waals surface area contributed by atoms with Crippen LogP contribution in [0.25, 0.3) is 0 Å². The molecule has 0 aromatic rings. The summed E-state index contributed by atoms with van der Waals surface area (Å²) in [7, 11) is 0. The molecule has 0 saturated carbocycles. The first-order valence-electron chi connectivity index (χ1n) is 13.3.